The maximum atomic E-state index is 3.49. The van der Waals surface area contributed by atoms with Crippen LogP contribution in [0.25, 0.3) is 0 Å². The third-order valence-electron chi connectivity index (χ3n) is 1.84. The molecule has 1 aliphatic rings. The molecular formula is C7H16ClN. The van der Waals surface area contributed by atoms with Crippen LogP contribution < -0.4 is 5.32 Å². The van der Waals surface area contributed by atoms with E-state index in [1.807, 2.05) is 0 Å². The molecule has 1 fully saturated rings. The van der Waals surface area contributed by atoms with E-state index >= 15 is 0 Å². The molecule has 0 spiro atoms. The fourth-order valence-corrected chi connectivity index (χ4v) is 1.39. The van der Waals surface area contributed by atoms with Crippen LogP contribution in [-0.2, 0) is 0 Å². The van der Waals surface area contributed by atoms with Gasteiger partial charge in [-0.2, -0.15) is 0 Å². The van der Waals surface area contributed by atoms with E-state index in [0.717, 1.165) is 6.04 Å². The highest BCUT2D eigenvalue weighted by atomic mass is 35.5. The van der Waals surface area contributed by atoms with E-state index in [-0.39, 0.29) is 12.4 Å². The number of rotatable bonds is 0. The Morgan fingerprint density at radius 3 is 2.11 bits per heavy atom. The average Bonchev–Trinajstić information content (AvgIpc) is 1.82. The third-order valence-corrected chi connectivity index (χ3v) is 1.84. The van der Waals surface area contributed by atoms with Gasteiger partial charge in [0.1, 0.15) is 0 Å². The molecule has 0 aromatic carbocycles. The van der Waals surface area contributed by atoms with Crippen molar-refractivity contribution in [3.05, 3.63) is 0 Å². The first-order valence-electron chi connectivity index (χ1n) is 3.38. The molecule has 56 valence electrons. The molecule has 0 saturated carbocycles. The first kappa shape index (κ1) is 9.25. The van der Waals surface area contributed by atoms with Crippen LogP contribution in [-0.4, -0.2) is 11.6 Å². The first-order valence-corrected chi connectivity index (χ1v) is 3.38. The van der Waals surface area contributed by atoms with Gasteiger partial charge in [0.05, 0.1) is 0 Å². The van der Waals surface area contributed by atoms with E-state index in [1.54, 1.807) is 0 Å². The maximum Gasteiger partial charge on any atom is 0.0128 e. The van der Waals surface area contributed by atoms with Crippen LogP contribution in [0.3, 0.4) is 0 Å². The van der Waals surface area contributed by atoms with Crippen molar-refractivity contribution >= 4 is 12.4 Å². The molecule has 0 amide bonds. The van der Waals surface area contributed by atoms with Crippen LogP contribution in [0.4, 0.5) is 0 Å². The number of halogens is 1. The van der Waals surface area contributed by atoms with E-state index in [1.165, 1.54) is 12.8 Å². The lowest BCUT2D eigenvalue weighted by Crippen LogP contribution is -2.35. The largest absolute Gasteiger partial charge is 0.309 e. The van der Waals surface area contributed by atoms with E-state index in [2.05, 4.69) is 26.1 Å². The van der Waals surface area contributed by atoms with Crippen LogP contribution >= 0.6 is 12.4 Å². The first-order chi connectivity index (χ1) is 3.60. The van der Waals surface area contributed by atoms with Gasteiger partial charge in [0.2, 0.25) is 0 Å². The molecule has 0 aliphatic carbocycles. The van der Waals surface area contributed by atoms with Gasteiger partial charge < -0.3 is 5.32 Å². The van der Waals surface area contributed by atoms with Gasteiger partial charge in [0.25, 0.3) is 0 Å². The van der Waals surface area contributed by atoms with E-state index in [9.17, 15) is 0 Å². The van der Waals surface area contributed by atoms with Gasteiger partial charge in [0.15, 0.2) is 0 Å². The molecule has 1 nitrogen and oxygen atoms in total. The highest BCUT2D eigenvalue weighted by Gasteiger charge is 2.26. The Balaban J connectivity index is 0.000000640. The summed E-state index contributed by atoms with van der Waals surface area (Å²) in [7, 11) is 0. The highest BCUT2D eigenvalue weighted by molar-refractivity contribution is 5.85. The minimum absolute atomic E-state index is 0. The summed E-state index contributed by atoms with van der Waals surface area (Å²) in [6.45, 7) is 6.77. The van der Waals surface area contributed by atoms with Crippen LogP contribution in [0.1, 0.15) is 33.6 Å². The Kier molecular flexibility index (Phi) is 2.97. The molecule has 1 atom stereocenters. The smallest absolute Gasteiger partial charge is 0.0128 e. The quantitative estimate of drug-likeness (QED) is 0.555. The summed E-state index contributed by atoms with van der Waals surface area (Å²) in [5, 5.41) is 3.49. The van der Waals surface area contributed by atoms with Crippen molar-refractivity contribution in [1.82, 2.24) is 5.32 Å². The summed E-state index contributed by atoms with van der Waals surface area (Å²) >= 11 is 0. The lowest BCUT2D eigenvalue weighted by Gasteiger charge is -2.17. The summed E-state index contributed by atoms with van der Waals surface area (Å²) in [6, 6.07) is 0.741. The van der Waals surface area contributed by atoms with E-state index < -0.39 is 0 Å². The highest BCUT2D eigenvalue weighted by Crippen LogP contribution is 2.21. The summed E-state index contributed by atoms with van der Waals surface area (Å²) in [4.78, 5) is 0. The zero-order valence-corrected chi connectivity index (χ0v) is 7.22. The molecule has 1 aliphatic heterocycles. The number of hydrogen-bond acceptors (Lipinski definition) is 1. The molecule has 2 heteroatoms. The zero-order chi connectivity index (χ0) is 6.20. The van der Waals surface area contributed by atoms with Gasteiger partial charge in [-0.15, -0.1) is 12.4 Å². The molecule has 1 N–H and O–H groups in total. The van der Waals surface area contributed by atoms with Crippen LogP contribution in [0.5, 0.6) is 0 Å². The molecule has 9 heavy (non-hydrogen) atoms. The van der Waals surface area contributed by atoms with Gasteiger partial charge in [-0.25, -0.2) is 0 Å². The molecule has 1 saturated heterocycles. The molecule has 0 aromatic heterocycles. The molecule has 1 heterocycles. The topological polar surface area (TPSA) is 12.0 Å². The van der Waals surface area contributed by atoms with Crippen molar-refractivity contribution in [1.29, 1.82) is 0 Å². The Bertz CT molecular complexity index is 90.9. The predicted octanol–water partition coefficient (Wildman–Crippen LogP) is 1.96. The van der Waals surface area contributed by atoms with Crippen molar-refractivity contribution in [3.63, 3.8) is 0 Å². The lowest BCUT2D eigenvalue weighted by molar-refractivity contribution is 0.437. The summed E-state index contributed by atoms with van der Waals surface area (Å²) in [5.74, 6) is 0. The Hall–Kier alpha value is 0.250. The summed E-state index contributed by atoms with van der Waals surface area (Å²) < 4.78 is 0. The SMILES string of the molecule is CC1CCC(C)(C)N1.Cl. The van der Waals surface area contributed by atoms with E-state index in [0.29, 0.717) is 5.54 Å². The molecule has 1 unspecified atom stereocenters. The second-order valence-corrected chi connectivity index (χ2v) is 3.47. The normalized spacial score (nSPS) is 31.7. The molecule has 0 radical (unpaired) electrons. The Morgan fingerprint density at radius 1 is 1.44 bits per heavy atom. The van der Waals surface area contributed by atoms with E-state index in [4.69, 9.17) is 0 Å². The minimum atomic E-state index is 0. The van der Waals surface area contributed by atoms with Gasteiger partial charge in [-0.05, 0) is 33.6 Å². The molecular weight excluding hydrogens is 134 g/mol. The Labute approximate surface area is 63.6 Å². The lowest BCUT2D eigenvalue weighted by atomic mass is 10.0. The second kappa shape index (κ2) is 2.89. The average molecular weight is 150 g/mol. The van der Waals surface area contributed by atoms with Crippen LogP contribution in [0, 0.1) is 0 Å². The van der Waals surface area contributed by atoms with Crippen molar-refractivity contribution < 1.29 is 0 Å². The van der Waals surface area contributed by atoms with Crippen LogP contribution in [0.15, 0.2) is 0 Å². The molecule has 0 bridgehead atoms. The second-order valence-electron chi connectivity index (χ2n) is 3.47. The van der Waals surface area contributed by atoms with Gasteiger partial charge >= 0.3 is 0 Å². The third kappa shape index (κ3) is 2.55. The van der Waals surface area contributed by atoms with Gasteiger partial charge in [-0.3, -0.25) is 0 Å². The van der Waals surface area contributed by atoms with Crippen molar-refractivity contribution in [2.45, 2.75) is 45.2 Å². The minimum Gasteiger partial charge on any atom is -0.309 e. The number of nitrogens with one attached hydrogen (secondary N) is 1. The Morgan fingerprint density at radius 2 is 2.00 bits per heavy atom. The van der Waals surface area contributed by atoms with Crippen LogP contribution in [0.2, 0.25) is 0 Å². The zero-order valence-electron chi connectivity index (χ0n) is 6.40. The number of hydrogen-bond donors (Lipinski definition) is 1. The van der Waals surface area contributed by atoms with Crippen molar-refractivity contribution in [2.75, 3.05) is 0 Å². The summed E-state index contributed by atoms with van der Waals surface area (Å²) in [5.41, 5.74) is 0.416. The predicted molar refractivity (Wildman–Crippen MR) is 43.2 cm³/mol. The summed E-state index contributed by atoms with van der Waals surface area (Å²) in [6.07, 6.45) is 2.67. The molecule has 1 rings (SSSR count). The van der Waals surface area contributed by atoms with Gasteiger partial charge in [0, 0.05) is 11.6 Å². The maximum absolute atomic E-state index is 3.49. The van der Waals surface area contributed by atoms with Crippen molar-refractivity contribution in [2.24, 2.45) is 0 Å². The standard InChI is InChI=1S/C7H15N.ClH/c1-6-4-5-7(2,3)8-6;/h6,8H,4-5H2,1-3H3;1H. The van der Waals surface area contributed by atoms with Gasteiger partial charge in [-0.1, -0.05) is 0 Å². The fourth-order valence-electron chi connectivity index (χ4n) is 1.39. The molecule has 0 aromatic rings. The fraction of sp³-hybridized carbons (Fsp3) is 1.00. The monoisotopic (exact) mass is 149 g/mol. The van der Waals surface area contributed by atoms with Crippen molar-refractivity contribution in [3.8, 4) is 0 Å².